The number of likely N-dealkylation sites (tertiary alicyclic amines) is 1. The van der Waals surface area contributed by atoms with Crippen LogP contribution in [0, 0.1) is 5.41 Å². The van der Waals surface area contributed by atoms with E-state index in [1.165, 1.54) is 0 Å². The van der Waals surface area contributed by atoms with Crippen LogP contribution in [0.15, 0.2) is 24.3 Å². The van der Waals surface area contributed by atoms with Crippen molar-refractivity contribution < 1.29 is 14.3 Å². The van der Waals surface area contributed by atoms with Gasteiger partial charge in [-0.1, -0.05) is 13.0 Å². The van der Waals surface area contributed by atoms with Gasteiger partial charge in [-0.25, -0.2) is 0 Å². The van der Waals surface area contributed by atoms with Gasteiger partial charge in [-0.2, -0.15) is 0 Å². The SMILES string of the molecule is COCCCOc1cccc(C(=O)N2CCC(C)(CN)C2)c1. The first-order valence-electron chi connectivity index (χ1n) is 7.79. The van der Waals surface area contributed by atoms with Crippen molar-refractivity contribution in [3.05, 3.63) is 29.8 Å². The first-order valence-corrected chi connectivity index (χ1v) is 7.79. The molecule has 1 aliphatic heterocycles. The molecule has 1 heterocycles. The van der Waals surface area contributed by atoms with Crippen LogP contribution in [-0.4, -0.2) is 50.8 Å². The molecule has 1 atom stereocenters. The number of amides is 1. The normalized spacial score (nSPS) is 21.1. The summed E-state index contributed by atoms with van der Waals surface area (Å²) in [5, 5.41) is 0. The molecule has 1 saturated heterocycles. The van der Waals surface area contributed by atoms with E-state index in [0.29, 0.717) is 25.3 Å². The van der Waals surface area contributed by atoms with Crippen LogP contribution in [0.4, 0.5) is 0 Å². The Labute approximate surface area is 132 Å². The first kappa shape index (κ1) is 16.8. The van der Waals surface area contributed by atoms with E-state index in [4.69, 9.17) is 15.2 Å². The van der Waals surface area contributed by atoms with E-state index in [-0.39, 0.29) is 11.3 Å². The fourth-order valence-electron chi connectivity index (χ4n) is 2.66. The van der Waals surface area contributed by atoms with Crippen molar-refractivity contribution in [1.82, 2.24) is 4.90 Å². The van der Waals surface area contributed by atoms with Gasteiger partial charge in [-0.15, -0.1) is 0 Å². The van der Waals surface area contributed by atoms with Crippen LogP contribution in [0.25, 0.3) is 0 Å². The summed E-state index contributed by atoms with van der Waals surface area (Å²) in [5.74, 6) is 0.780. The lowest BCUT2D eigenvalue weighted by Gasteiger charge is -2.22. The third kappa shape index (κ3) is 4.21. The number of carbonyl (C=O) groups is 1. The van der Waals surface area contributed by atoms with Gasteiger partial charge >= 0.3 is 0 Å². The summed E-state index contributed by atoms with van der Waals surface area (Å²) in [7, 11) is 1.67. The topological polar surface area (TPSA) is 64.8 Å². The van der Waals surface area contributed by atoms with Gasteiger partial charge in [0, 0.05) is 38.8 Å². The molecule has 1 amide bonds. The molecule has 0 spiro atoms. The highest BCUT2D eigenvalue weighted by atomic mass is 16.5. The molecule has 5 nitrogen and oxygen atoms in total. The molecule has 0 bridgehead atoms. The highest BCUT2D eigenvalue weighted by molar-refractivity contribution is 5.94. The van der Waals surface area contributed by atoms with Crippen LogP contribution in [-0.2, 0) is 4.74 Å². The van der Waals surface area contributed by atoms with Crippen molar-refractivity contribution >= 4 is 5.91 Å². The van der Waals surface area contributed by atoms with Gasteiger partial charge in [0.05, 0.1) is 6.61 Å². The second-order valence-corrected chi connectivity index (χ2v) is 6.21. The van der Waals surface area contributed by atoms with Crippen molar-refractivity contribution in [3.8, 4) is 5.75 Å². The Morgan fingerprint density at radius 3 is 2.91 bits per heavy atom. The van der Waals surface area contributed by atoms with Gasteiger partial charge in [-0.3, -0.25) is 4.79 Å². The number of benzene rings is 1. The van der Waals surface area contributed by atoms with E-state index in [1.54, 1.807) is 7.11 Å². The molecular weight excluding hydrogens is 280 g/mol. The second kappa shape index (κ2) is 7.61. The van der Waals surface area contributed by atoms with E-state index in [0.717, 1.165) is 31.7 Å². The Hall–Kier alpha value is -1.59. The third-order valence-corrected chi connectivity index (χ3v) is 4.18. The van der Waals surface area contributed by atoms with Gasteiger partial charge in [0.25, 0.3) is 5.91 Å². The number of ether oxygens (including phenoxy) is 2. The second-order valence-electron chi connectivity index (χ2n) is 6.21. The molecule has 2 N–H and O–H groups in total. The Morgan fingerprint density at radius 2 is 2.23 bits per heavy atom. The summed E-state index contributed by atoms with van der Waals surface area (Å²) in [6.07, 6.45) is 1.79. The monoisotopic (exact) mass is 306 g/mol. The molecule has 0 aliphatic carbocycles. The molecule has 22 heavy (non-hydrogen) atoms. The van der Waals surface area contributed by atoms with Crippen LogP contribution < -0.4 is 10.5 Å². The van der Waals surface area contributed by atoms with E-state index in [9.17, 15) is 4.79 Å². The van der Waals surface area contributed by atoms with E-state index < -0.39 is 0 Å². The van der Waals surface area contributed by atoms with Crippen molar-refractivity contribution in [3.63, 3.8) is 0 Å². The number of rotatable bonds is 7. The Balaban J connectivity index is 1.96. The number of nitrogens with zero attached hydrogens (tertiary/aromatic N) is 1. The highest BCUT2D eigenvalue weighted by Crippen LogP contribution is 2.29. The Kier molecular flexibility index (Phi) is 5.80. The zero-order valence-corrected chi connectivity index (χ0v) is 13.5. The molecule has 0 aromatic heterocycles. The van der Waals surface area contributed by atoms with Crippen LogP contribution in [0.3, 0.4) is 0 Å². The zero-order valence-electron chi connectivity index (χ0n) is 13.5. The Bertz CT molecular complexity index is 506. The maximum absolute atomic E-state index is 12.6. The lowest BCUT2D eigenvalue weighted by Crippen LogP contribution is -2.34. The molecule has 5 heteroatoms. The van der Waals surface area contributed by atoms with Crippen molar-refractivity contribution in [2.24, 2.45) is 11.1 Å². The lowest BCUT2D eigenvalue weighted by molar-refractivity contribution is 0.0776. The number of hydrogen-bond donors (Lipinski definition) is 1. The standard InChI is InChI=1S/C17H26N2O3/c1-17(12-18)7-8-19(13-17)16(20)14-5-3-6-15(11-14)22-10-4-9-21-2/h3,5-6,11H,4,7-10,12-13,18H2,1-2H3. The summed E-state index contributed by atoms with van der Waals surface area (Å²) in [5.41, 5.74) is 6.52. The number of hydrogen-bond acceptors (Lipinski definition) is 4. The van der Waals surface area contributed by atoms with Gasteiger partial charge in [0.1, 0.15) is 5.75 Å². The minimum absolute atomic E-state index is 0.0456. The minimum Gasteiger partial charge on any atom is -0.493 e. The molecule has 2 rings (SSSR count). The quantitative estimate of drug-likeness (QED) is 0.782. The van der Waals surface area contributed by atoms with Crippen LogP contribution >= 0.6 is 0 Å². The fourth-order valence-corrected chi connectivity index (χ4v) is 2.66. The minimum atomic E-state index is 0.0456. The van der Waals surface area contributed by atoms with E-state index >= 15 is 0 Å². The number of nitrogens with two attached hydrogens (primary N) is 1. The van der Waals surface area contributed by atoms with Gasteiger partial charge < -0.3 is 20.1 Å². The first-order chi connectivity index (χ1) is 10.6. The average molecular weight is 306 g/mol. The lowest BCUT2D eigenvalue weighted by atomic mass is 9.90. The summed E-state index contributed by atoms with van der Waals surface area (Å²) >= 11 is 0. The largest absolute Gasteiger partial charge is 0.493 e. The van der Waals surface area contributed by atoms with Crippen molar-refractivity contribution in [1.29, 1.82) is 0 Å². The Morgan fingerprint density at radius 1 is 1.41 bits per heavy atom. The molecule has 1 aliphatic rings. The molecule has 0 saturated carbocycles. The molecule has 0 radical (unpaired) electrons. The van der Waals surface area contributed by atoms with Crippen LogP contribution in [0.2, 0.25) is 0 Å². The zero-order chi connectivity index (χ0) is 16.0. The maximum Gasteiger partial charge on any atom is 0.254 e. The highest BCUT2D eigenvalue weighted by Gasteiger charge is 2.35. The summed E-state index contributed by atoms with van der Waals surface area (Å²) in [6.45, 7) is 5.49. The predicted octanol–water partition coefficient (Wildman–Crippen LogP) is 1.91. The molecule has 1 unspecified atom stereocenters. The van der Waals surface area contributed by atoms with E-state index in [1.807, 2.05) is 29.2 Å². The molecular formula is C17H26N2O3. The van der Waals surface area contributed by atoms with Crippen LogP contribution in [0.1, 0.15) is 30.1 Å². The molecule has 1 fully saturated rings. The fraction of sp³-hybridized carbons (Fsp3) is 0.588. The predicted molar refractivity (Wildman–Crippen MR) is 86.1 cm³/mol. The van der Waals surface area contributed by atoms with Gasteiger partial charge in [0.2, 0.25) is 0 Å². The van der Waals surface area contributed by atoms with Crippen molar-refractivity contribution in [2.45, 2.75) is 19.8 Å². The van der Waals surface area contributed by atoms with Gasteiger partial charge in [-0.05, 0) is 36.6 Å². The van der Waals surface area contributed by atoms with Gasteiger partial charge in [0.15, 0.2) is 0 Å². The van der Waals surface area contributed by atoms with Crippen LogP contribution in [0.5, 0.6) is 5.75 Å². The summed E-state index contributed by atoms with van der Waals surface area (Å²) < 4.78 is 10.6. The van der Waals surface area contributed by atoms with Crippen molar-refractivity contribution in [2.75, 3.05) is 40.0 Å². The molecule has 122 valence electrons. The number of methoxy groups -OCH3 is 1. The smallest absolute Gasteiger partial charge is 0.254 e. The molecule has 1 aromatic carbocycles. The average Bonchev–Trinajstić information content (AvgIpc) is 2.94. The number of carbonyl (C=O) groups excluding carboxylic acids is 1. The van der Waals surface area contributed by atoms with E-state index in [2.05, 4.69) is 6.92 Å². The third-order valence-electron chi connectivity index (χ3n) is 4.18. The summed E-state index contributed by atoms with van der Waals surface area (Å²) in [6, 6.07) is 7.38. The maximum atomic E-state index is 12.6. The molecule has 1 aromatic rings. The summed E-state index contributed by atoms with van der Waals surface area (Å²) in [4.78, 5) is 14.5.